The first kappa shape index (κ1) is 8.31. The lowest BCUT2D eigenvalue weighted by molar-refractivity contribution is 0.106. The average molecular weight is 223 g/mol. The van der Waals surface area contributed by atoms with E-state index in [2.05, 4.69) is 15.9 Å². The topological polar surface area (TPSA) is 9.23 Å². The molecule has 56 valence electrons. The summed E-state index contributed by atoms with van der Waals surface area (Å²) in [6.45, 7) is 0. The van der Waals surface area contributed by atoms with Crippen LogP contribution in [-0.2, 0) is 4.74 Å². The van der Waals surface area contributed by atoms with Crippen LogP contribution in [0.2, 0.25) is 0 Å². The molecule has 0 bridgehead atoms. The number of hydrogen-bond donors (Lipinski definition) is 0. The molecule has 0 saturated carbocycles. The van der Waals surface area contributed by atoms with Gasteiger partial charge in [0.05, 0.1) is 0 Å². The number of allylic oxidation sites excluding steroid dienone is 2. The van der Waals surface area contributed by atoms with E-state index >= 15 is 0 Å². The van der Waals surface area contributed by atoms with Crippen LogP contribution in [0.25, 0.3) is 0 Å². The van der Waals surface area contributed by atoms with Gasteiger partial charge in [0.2, 0.25) is 0 Å². The number of methoxy groups -OCH3 is 1. The van der Waals surface area contributed by atoms with E-state index in [4.69, 9.17) is 16.3 Å². The molecule has 0 aromatic carbocycles. The number of hydrogen-bond acceptors (Lipinski definition) is 1. The van der Waals surface area contributed by atoms with Crippen LogP contribution in [-0.4, -0.2) is 12.2 Å². The highest BCUT2D eigenvalue weighted by Gasteiger charge is 2.24. The molecule has 1 nitrogen and oxygen atoms in total. The van der Waals surface area contributed by atoms with Gasteiger partial charge in [-0.25, -0.2) is 0 Å². The molecule has 3 heteroatoms. The number of rotatable bonds is 1. The first-order valence-corrected chi connectivity index (χ1v) is 4.12. The Hall–Kier alpha value is 0.210. The van der Waals surface area contributed by atoms with Crippen molar-refractivity contribution < 1.29 is 4.74 Å². The van der Waals surface area contributed by atoms with Crippen molar-refractivity contribution in [2.45, 2.75) is 11.5 Å². The molecule has 1 aliphatic rings. The standard InChI is InChI=1S/C7H8BrClO/c1-10-7(9)4-2-3-6(8)5-7/h2-3,5H,4H2,1H3. The van der Waals surface area contributed by atoms with E-state index in [1.165, 1.54) is 0 Å². The van der Waals surface area contributed by atoms with E-state index in [1.807, 2.05) is 18.2 Å². The molecule has 1 aliphatic carbocycles. The Morgan fingerprint density at radius 2 is 2.50 bits per heavy atom. The van der Waals surface area contributed by atoms with Gasteiger partial charge in [-0.15, -0.1) is 0 Å². The summed E-state index contributed by atoms with van der Waals surface area (Å²) >= 11 is 9.29. The van der Waals surface area contributed by atoms with E-state index < -0.39 is 5.06 Å². The lowest BCUT2D eigenvalue weighted by Gasteiger charge is -2.22. The molecule has 0 saturated heterocycles. The van der Waals surface area contributed by atoms with Crippen LogP contribution in [0, 0.1) is 0 Å². The second-order valence-corrected chi connectivity index (χ2v) is 3.68. The summed E-state index contributed by atoms with van der Waals surface area (Å²) in [7, 11) is 1.60. The number of ether oxygens (including phenoxy) is 1. The summed E-state index contributed by atoms with van der Waals surface area (Å²) in [5.74, 6) is 0. The summed E-state index contributed by atoms with van der Waals surface area (Å²) in [6, 6.07) is 0. The van der Waals surface area contributed by atoms with Gasteiger partial charge in [-0.1, -0.05) is 39.7 Å². The van der Waals surface area contributed by atoms with E-state index in [0.717, 1.165) is 10.9 Å². The minimum Gasteiger partial charge on any atom is -0.359 e. The highest BCUT2D eigenvalue weighted by Crippen LogP contribution is 2.30. The molecule has 0 aromatic heterocycles. The largest absolute Gasteiger partial charge is 0.359 e. The predicted molar refractivity (Wildman–Crippen MR) is 46.4 cm³/mol. The van der Waals surface area contributed by atoms with Crippen LogP contribution in [0.1, 0.15) is 6.42 Å². The van der Waals surface area contributed by atoms with Gasteiger partial charge in [-0.2, -0.15) is 0 Å². The van der Waals surface area contributed by atoms with Gasteiger partial charge in [0.1, 0.15) is 0 Å². The van der Waals surface area contributed by atoms with Crippen molar-refractivity contribution in [3.8, 4) is 0 Å². The Bertz CT molecular complexity index is 188. The van der Waals surface area contributed by atoms with Gasteiger partial charge in [0.15, 0.2) is 5.06 Å². The Labute approximate surface area is 73.8 Å². The SMILES string of the molecule is COC1(Cl)C=C(Br)C=CC1. The number of halogens is 2. The molecule has 1 atom stereocenters. The third kappa shape index (κ3) is 1.84. The second kappa shape index (κ2) is 3.07. The first-order valence-electron chi connectivity index (χ1n) is 2.95. The fraction of sp³-hybridized carbons (Fsp3) is 0.429. The maximum Gasteiger partial charge on any atom is 0.164 e. The van der Waals surface area contributed by atoms with Crippen molar-refractivity contribution in [1.29, 1.82) is 0 Å². The predicted octanol–water partition coefficient (Wildman–Crippen LogP) is 2.81. The fourth-order valence-electron chi connectivity index (χ4n) is 0.787. The molecular formula is C7H8BrClO. The summed E-state index contributed by atoms with van der Waals surface area (Å²) in [5, 5.41) is -0.631. The molecule has 0 fully saturated rings. The normalized spacial score (nSPS) is 32.1. The zero-order chi connectivity index (χ0) is 7.61. The quantitative estimate of drug-likeness (QED) is 0.621. The second-order valence-electron chi connectivity index (χ2n) is 2.13. The van der Waals surface area contributed by atoms with Crippen molar-refractivity contribution in [1.82, 2.24) is 0 Å². The van der Waals surface area contributed by atoms with E-state index in [-0.39, 0.29) is 0 Å². The molecule has 0 heterocycles. The smallest absolute Gasteiger partial charge is 0.164 e. The van der Waals surface area contributed by atoms with Gasteiger partial charge in [-0.3, -0.25) is 0 Å². The minimum atomic E-state index is -0.631. The Balaban J connectivity index is 2.76. The maximum absolute atomic E-state index is 5.97. The van der Waals surface area contributed by atoms with Crippen molar-refractivity contribution >= 4 is 27.5 Å². The zero-order valence-corrected chi connectivity index (χ0v) is 7.95. The molecule has 0 spiro atoms. The van der Waals surface area contributed by atoms with Crippen LogP contribution < -0.4 is 0 Å². The average Bonchev–Trinajstić information content (AvgIpc) is 1.88. The molecule has 0 amide bonds. The fourth-order valence-corrected chi connectivity index (χ4v) is 1.68. The summed E-state index contributed by atoms with van der Waals surface area (Å²) in [4.78, 5) is 0. The van der Waals surface area contributed by atoms with Crippen LogP contribution in [0.3, 0.4) is 0 Å². The molecule has 1 unspecified atom stereocenters. The maximum atomic E-state index is 5.97. The van der Waals surface area contributed by atoms with Crippen molar-refractivity contribution in [2.75, 3.05) is 7.11 Å². The van der Waals surface area contributed by atoms with Crippen LogP contribution in [0.15, 0.2) is 22.7 Å². The van der Waals surface area contributed by atoms with E-state index in [0.29, 0.717) is 0 Å². The molecule has 0 aromatic rings. The Morgan fingerprint density at radius 1 is 1.80 bits per heavy atom. The number of alkyl halides is 1. The molecule has 10 heavy (non-hydrogen) atoms. The molecule has 0 radical (unpaired) electrons. The third-order valence-electron chi connectivity index (χ3n) is 1.37. The first-order chi connectivity index (χ1) is 4.66. The molecule has 0 N–H and O–H groups in total. The van der Waals surface area contributed by atoms with Crippen LogP contribution in [0.5, 0.6) is 0 Å². The van der Waals surface area contributed by atoms with E-state index in [1.54, 1.807) is 7.11 Å². The Morgan fingerprint density at radius 3 is 2.90 bits per heavy atom. The third-order valence-corrected chi connectivity index (χ3v) is 2.28. The highest BCUT2D eigenvalue weighted by molar-refractivity contribution is 9.11. The van der Waals surface area contributed by atoms with Gasteiger partial charge < -0.3 is 4.74 Å². The Kier molecular flexibility index (Phi) is 2.55. The monoisotopic (exact) mass is 222 g/mol. The van der Waals surface area contributed by atoms with E-state index in [9.17, 15) is 0 Å². The van der Waals surface area contributed by atoms with Crippen molar-refractivity contribution in [3.63, 3.8) is 0 Å². The zero-order valence-electron chi connectivity index (χ0n) is 5.60. The van der Waals surface area contributed by atoms with Crippen LogP contribution in [0.4, 0.5) is 0 Å². The summed E-state index contributed by atoms with van der Waals surface area (Å²) in [6.07, 6.45) is 6.49. The van der Waals surface area contributed by atoms with Gasteiger partial charge in [-0.05, 0) is 6.08 Å². The highest BCUT2D eigenvalue weighted by atomic mass is 79.9. The minimum absolute atomic E-state index is 0.631. The summed E-state index contributed by atoms with van der Waals surface area (Å²) < 4.78 is 6.02. The molecule has 0 aliphatic heterocycles. The lowest BCUT2D eigenvalue weighted by atomic mass is 10.1. The summed E-state index contributed by atoms with van der Waals surface area (Å²) in [5.41, 5.74) is 0. The van der Waals surface area contributed by atoms with Gasteiger partial charge in [0, 0.05) is 18.0 Å². The molecular weight excluding hydrogens is 215 g/mol. The van der Waals surface area contributed by atoms with Gasteiger partial charge in [0.25, 0.3) is 0 Å². The van der Waals surface area contributed by atoms with Crippen LogP contribution >= 0.6 is 27.5 Å². The van der Waals surface area contributed by atoms with Crippen molar-refractivity contribution in [3.05, 3.63) is 22.7 Å². The van der Waals surface area contributed by atoms with Crippen molar-refractivity contribution in [2.24, 2.45) is 0 Å². The van der Waals surface area contributed by atoms with Gasteiger partial charge >= 0.3 is 0 Å². The lowest BCUT2D eigenvalue weighted by Crippen LogP contribution is -2.21. The molecule has 1 rings (SSSR count).